The molecule has 6 nitrogen and oxygen atoms in total. The summed E-state index contributed by atoms with van der Waals surface area (Å²) in [6.45, 7) is 6.00. The number of likely N-dealkylation sites (tertiary alicyclic amines) is 1. The van der Waals surface area contributed by atoms with Gasteiger partial charge in [-0.2, -0.15) is 4.98 Å². The van der Waals surface area contributed by atoms with Gasteiger partial charge in [-0.15, -0.1) is 0 Å². The van der Waals surface area contributed by atoms with Gasteiger partial charge in [-0.05, 0) is 19.4 Å². The van der Waals surface area contributed by atoms with E-state index in [4.69, 9.17) is 4.52 Å². The minimum atomic E-state index is 0.227. The van der Waals surface area contributed by atoms with Gasteiger partial charge in [0.25, 0.3) is 0 Å². The van der Waals surface area contributed by atoms with Gasteiger partial charge in [0, 0.05) is 18.3 Å². The second-order valence-electron chi connectivity index (χ2n) is 5.31. The lowest BCUT2D eigenvalue weighted by Crippen LogP contribution is -2.23. The summed E-state index contributed by atoms with van der Waals surface area (Å²) in [6, 6.07) is 0.227. The first-order valence-electron chi connectivity index (χ1n) is 6.80. The molecule has 0 aromatic carbocycles. The lowest BCUT2D eigenvalue weighted by Gasteiger charge is -2.19. The maximum absolute atomic E-state index is 5.43. The van der Waals surface area contributed by atoms with Crippen molar-refractivity contribution in [1.82, 2.24) is 25.0 Å². The summed E-state index contributed by atoms with van der Waals surface area (Å²) < 4.78 is 5.43. The van der Waals surface area contributed by atoms with Crippen molar-refractivity contribution in [3.05, 3.63) is 29.9 Å². The number of nitrogens with one attached hydrogen (secondary N) is 1. The molecule has 2 aromatic heterocycles. The van der Waals surface area contributed by atoms with E-state index in [1.54, 1.807) is 6.20 Å². The number of hydrogen-bond donors (Lipinski definition) is 1. The van der Waals surface area contributed by atoms with Crippen LogP contribution in [0.1, 0.15) is 56.2 Å². The van der Waals surface area contributed by atoms with E-state index in [0.29, 0.717) is 5.92 Å². The van der Waals surface area contributed by atoms with E-state index in [2.05, 4.69) is 38.9 Å². The Morgan fingerprint density at radius 1 is 1.53 bits per heavy atom. The Morgan fingerprint density at radius 2 is 2.42 bits per heavy atom. The van der Waals surface area contributed by atoms with Crippen molar-refractivity contribution in [3.8, 4) is 0 Å². The van der Waals surface area contributed by atoms with Crippen molar-refractivity contribution in [3.63, 3.8) is 0 Å². The van der Waals surface area contributed by atoms with E-state index in [1.165, 1.54) is 0 Å². The number of aromatic nitrogens is 4. The number of imidazole rings is 1. The molecule has 1 atom stereocenters. The van der Waals surface area contributed by atoms with Gasteiger partial charge in [0.1, 0.15) is 5.82 Å². The molecule has 1 N–H and O–H groups in total. The van der Waals surface area contributed by atoms with Crippen LogP contribution in [0.2, 0.25) is 0 Å². The Morgan fingerprint density at radius 3 is 3.11 bits per heavy atom. The maximum Gasteiger partial charge on any atom is 0.244 e. The van der Waals surface area contributed by atoms with Crippen molar-refractivity contribution >= 4 is 0 Å². The predicted molar refractivity (Wildman–Crippen MR) is 69.4 cm³/mol. The highest BCUT2D eigenvalue weighted by Gasteiger charge is 2.31. The third kappa shape index (κ3) is 2.53. The Bertz CT molecular complexity index is 519. The molecule has 1 aliphatic rings. The highest BCUT2D eigenvalue weighted by atomic mass is 16.5. The zero-order valence-electron chi connectivity index (χ0n) is 11.3. The van der Waals surface area contributed by atoms with Crippen molar-refractivity contribution < 1.29 is 4.52 Å². The molecule has 0 aliphatic carbocycles. The topological polar surface area (TPSA) is 70.8 Å². The normalized spacial score (nSPS) is 20.5. The number of rotatable bonds is 4. The molecule has 0 spiro atoms. The Hall–Kier alpha value is -1.69. The largest absolute Gasteiger partial charge is 0.348 e. The Labute approximate surface area is 112 Å². The van der Waals surface area contributed by atoms with Gasteiger partial charge in [-0.3, -0.25) is 4.90 Å². The van der Waals surface area contributed by atoms with E-state index in [1.807, 2.05) is 6.20 Å². The molecular weight excluding hydrogens is 242 g/mol. The molecule has 6 heteroatoms. The van der Waals surface area contributed by atoms with Crippen LogP contribution in [0.25, 0.3) is 0 Å². The molecule has 102 valence electrons. The van der Waals surface area contributed by atoms with Crippen LogP contribution in [-0.2, 0) is 6.54 Å². The molecular formula is C13H19N5O. The van der Waals surface area contributed by atoms with Crippen LogP contribution in [-0.4, -0.2) is 31.6 Å². The van der Waals surface area contributed by atoms with Gasteiger partial charge in [0.2, 0.25) is 5.89 Å². The summed E-state index contributed by atoms with van der Waals surface area (Å²) in [5.74, 6) is 2.82. The summed E-state index contributed by atoms with van der Waals surface area (Å²) in [4.78, 5) is 14.3. The summed E-state index contributed by atoms with van der Waals surface area (Å²) in [5, 5.41) is 4.06. The van der Waals surface area contributed by atoms with Crippen LogP contribution in [0.3, 0.4) is 0 Å². The maximum atomic E-state index is 5.43. The average molecular weight is 261 g/mol. The summed E-state index contributed by atoms with van der Waals surface area (Å²) >= 11 is 0. The van der Waals surface area contributed by atoms with Crippen LogP contribution in [0.5, 0.6) is 0 Å². The van der Waals surface area contributed by atoms with Crippen LogP contribution in [0.15, 0.2) is 16.9 Å². The Kier molecular flexibility index (Phi) is 3.33. The van der Waals surface area contributed by atoms with Crippen molar-refractivity contribution in [2.24, 2.45) is 0 Å². The van der Waals surface area contributed by atoms with Gasteiger partial charge in [0.05, 0.1) is 12.6 Å². The lowest BCUT2D eigenvalue weighted by atomic mass is 10.2. The van der Waals surface area contributed by atoms with E-state index < -0.39 is 0 Å². The molecule has 2 aromatic rings. The molecule has 0 radical (unpaired) electrons. The second-order valence-corrected chi connectivity index (χ2v) is 5.31. The fourth-order valence-electron chi connectivity index (χ4n) is 2.49. The second kappa shape index (κ2) is 5.13. The fourth-order valence-corrected chi connectivity index (χ4v) is 2.49. The van der Waals surface area contributed by atoms with Gasteiger partial charge in [0.15, 0.2) is 5.82 Å². The number of hydrogen-bond acceptors (Lipinski definition) is 5. The molecule has 0 bridgehead atoms. The highest BCUT2D eigenvalue weighted by Crippen LogP contribution is 2.32. The number of H-pyrrole nitrogens is 1. The summed E-state index contributed by atoms with van der Waals surface area (Å²) in [7, 11) is 0. The van der Waals surface area contributed by atoms with Crippen molar-refractivity contribution in [2.75, 3.05) is 6.54 Å². The van der Waals surface area contributed by atoms with E-state index in [9.17, 15) is 0 Å². The van der Waals surface area contributed by atoms with E-state index in [-0.39, 0.29) is 6.04 Å². The summed E-state index contributed by atoms with van der Waals surface area (Å²) in [6.07, 6.45) is 5.86. The van der Waals surface area contributed by atoms with E-state index in [0.717, 1.165) is 43.5 Å². The molecule has 1 unspecified atom stereocenters. The van der Waals surface area contributed by atoms with Crippen LogP contribution in [0.4, 0.5) is 0 Å². The number of aromatic amines is 1. The monoisotopic (exact) mass is 261 g/mol. The van der Waals surface area contributed by atoms with Crippen molar-refractivity contribution in [2.45, 2.75) is 45.2 Å². The minimum Gasteiger partial charge on any atom is -0.348 e. The fraction of sp³-hybridized carbons (Fsp3) is 0.615. The van der Waals surface area contributed by atoms with E-state index >= 15 is 0 Å². The number of nitrogens with zero attached hydrogens (tertiary/aromatic N) is 4. The molecule has 3 rings (SSSR count). The van der Waals surface area contributed by atoms with Crippen molar-refractivity contribution in [1.29, 1.82) is 0 Å². The van der Waals surface area contributed by atoms with Gasteiger partial charge in [-0.25, -0.2) is 4.98 Å². The van der Waals surface area contributed by atoms with Gasteiger partial charge in [-0.1, -0.05) is 19.0 Å². The quantitative estimate of drug-likeness (QED) is 0.914. The van der Waals surface area contributed by atoms with Crippen LogP contribution in [0, 0.1) is 0 Å². The zero-order chi connectivity index (χ0) is 13.2. The molecule has 1 aliphatic heterocycles. The molecule has 0 saturated carbocycles. The predicted octanol–water partition coefficient (Wildman–Crippen LogP) is 2.25. The first kappa shape index (κ1) is 12.3. The molecule has 1 fully saturated rings. The SMILES string of the molecule is CC(C)c1noc(C2CCCN2Cc2ncc[nH]2)n1. The van der Waals surface area contributed by atoms with Gasteiger partial charge < -0.3 is 9.51 Å². The minimum absolute atomic E-state index is 0.227. The first-order valence-corrected chi connectivity index (χ1v) is 6.80. The Balaban J connectivity index is 1.74. The molecule has 1 saturated heterocycles. The van der Waals surface area contributed by atoms with Gasteiger partial charge >= 0.3 is 0 Å². The van der Waals surface area contributed by atoms with Crippen LogP contribution >= 0.6 is 0 Å². The third-order valence-corrected chi connectivity index (χ3v) is 3.53. The summed E-state index contributed by atoms with van der Waals surface area (Å²) in [5.41, 5.74) is 0. The molecule has 19 heavy (non-hydrogen) atoms. The molecule has 3 heterocycles. The molecule has 0 amide bonds. The zero-order valence-corrected chi connectivity index (χ0v) is 11.3. The van der Waals surface area contributed by atoms with Crippen LogP contribution < -0.4 is 0 Å². The third-order valence-electron chi connectivity index (χ3n) is 3.53. The highest BCUT2D eigenvalue weighted by molar-refractivity contribution is 5.00. The lowest BCUT2D eigenvalue weighted by molar-refractivity contribution is 0.197. The standard InChI is InChI=1S/C13H19N5O/c1-9(2)12-16-13(19-17-12)10-4-3-7-18(10)8-11-14-5-6-15-11/h5-6,9-10H,3-4,7-8H2,1-2H3,(H,14,15). The average Bonchev–Trinajstić information content (AvgIpc) is 3.09. The first-order chi connectivity index (χ1) is 9.24. The smallest absolute Gasteiger partial charge is 0.244 e.